The second kappa shape index (κ2) is 10.7. The molecule has 3 atom stereocenters. The number of hydrogen-bond donors (Lipinski definition) is 2. The number of halogens is 1. The molecular weight excluding hydrogens is 397 g/mol. The van der Waals surface area contributed by atoms with E-state index in [1.54, 1.807) is 0 Å². The van der Waals surface area contributed by atoms with E-state index in [4.69, 9.17) is 0 Å². The summed E-state index contributed by atoms with van der Waals surface area (Å²) in [6.45, 7) is 5.23. The van der Waals surface area contributed by atoms with Gasteiger partial charge >= 0.3 is 0 Å². The lowest BCUT2D eigenvalue weighted by Gasteiger charge is -2.36. The molecule has 6 nitrogen and oxygen atoms in total. The quantitative estimate of drug-likeness (QED) is 0.726. The van der Waals surface area contributed by atoms with Gasteiger partial charge in [-0.1, -0.05) is 26.7 Å². The fourth-order valence-electron chi connectivity index (χ4n) is 4.53. The maximum Gasteiger partial charge on any atom is 0.251 e. The van der Waals surface area contributed by atoms with E-state index in [-0.39, 0.29) is 41.5 Å². The SMILES string of the molecule is CC(C)CC(=O)N1CCC[C@@H](C(=O)N[C@@H]2CCCC[C@H]2NC(=O)c2ccc(F)cc2)C1. The molecular formula is C24H34FN3O3. The van der Waals surface area contributed by atoms with Crippen molar-refractivity contribution in [3.05, 3.63) is 35.6 Å². The van der Waals surface area contributed by atoms with Gasteiger partial charge in [0, 0.05) is 37.2 Å². The van der Waals surface area contributed by atoms with Gasteiger partial charge in [0.15, 0.2) is 0 Å². The number of carbonyl (C=O) groups is 3. The molecule has 7 heteroatoms. The van der Waals surface area contributed by atoms with E-state index >= 15 is 0 Å². The third kappa shape index (κ3) is 6.52. The van der Waals surface area contributed by atoms with Crippen LogP contribution in [0.3, 0.4) is 0 Å². The summed E-state index contributed by atoms with van der Waals surface area (Å²) >= 11 is 0. The molecule has 1 heterocycles. The largest absolute Gasteiger partial charge is 0.351 e. The molecule has 0 unspecified atom stereocenters. The predicted molar refractivity (Wildman–Crippen MR) is 117 cm³/mol. The maximum absolute atomic E-state index is 13.1. The molecule has 31 heavy (non-hydrogen) atoms. The standard InChI is InChI=1S/C24H34FN3O3/c1-16(2)14-22(29)28-13-5-6-18(15-28)24(31)27-21-8-4-3-7-20(21)26-23(30)17-9-11-19(25)12-10-17/h9-12,16,18,20-21H,3-8,13-15H2,1-2H3,(H,26,30)(H,27,31)/t18-,20-,21-/m1/s1. The lowest BCUT2D eigenvalue weighted by atomic mass is 9.88. The highest BCUT2D eigenvalue weighted by atomic mass is 19.1. The first-order chi connectivity index (χ1) is 14.8. The molecule has 2 fully saturated rings. The summed E-state index contributed by atoms with van der Waals surface area (Å²) in [6.07, 6.45) is 5.70. The molecule has 1 aliphatic carbocycles. The minimum absolute atomic E-state index is 0.0324. The Balaban J connectivity index is 1.57. The van der Waals surface area contributed by atoms with E-state index in [9.17, 15) is 18.8 Å². The van der Waals surface area contributed by atoms with Gasteiger partial charge in [-0.15, -0.1) is 0 Å². The normalized spacial score (nSPS) is 24.0. The van der Waals surface area contributed by atoms with Crippen molar-refractivity contribution in [1.29, 1.82) is 0 Å². The van der Waals surface area contributed by atoms with Gasteiger partial charge in [-0.2, -0.15) is 0 Å². The first-order valence-electron chi connectivity index (χ1n) is 11.5. The van der Waals surface area contributed by atoms with Crippen LogP contribution in [0.5, 0.6) is 0 Å². The lowest BCUT2D eigenvalue weighted by molar-refractivity contribution is -0.136. The Morgan fingerprint density at radius 3 is 2.29 bits per heavy atom. The van der Waals surface area contributed by atoms with Gasteiger partial charge in [0.25, 0.3) is 5.91 Å². The fraction of sp³-hybridized carbons (Fsp3) is 0.625. The van der Waals surface area contributed by atoms with Crippen molar-refractivity contribution in [2.75, 3.05) is 13.1 Å². The van der Waals surface area contributed by atoms with Crippen LogP contribution >= 0.6 is 0 Å². The van der Waals surface area contributed by atoms with Crippen LogP contribution in [0.25, 0.3) is 0 Å². The van der Waals surface area contributed by atoms with Crippen LogP contribution in [0, 0.1) is 17.7 Å². The molecule has 1 saturated carbocycles. The monoisotopic (exact) mass is 431 g/mol. The number of benzene rings is 1. The summed E-state index contributed by atoms with van der Waals surface area (Å²) in [6, 6.07) is 5.18. The van der Waals surface area contributed by atoms with E-state index in [1.807, 2.05) is 18.7 Å². The van der Waals surface area contributed by atoms with E-state index in [1.165, 1.54) is 24.3 Å². The molecule has 3 amide bonds. The molecule has 3 rings (SSSR count). The number of piperidine rings is 1. The topological polar surface area (TPSA) is 78.5 Å². The molecule has 1 saturated heterocycles. The summed E-state index contributed by atoms with van der Waals surface area (Å²) in [4.78, 5) is 39.8. The van der Waals surface area contributed by atoms with Crippen LogP contribution < -0.4 is 10.6 Å². The first kappa shape index (κ1) is 23.2. The fourth-order valence-corrected chi connectivity index (χ4v) is 4.53. The average Bonchev–Trinajstić information content (AvgIpc) is 2.75. The summed E-state index contributed by atoms with van der Waals surface area (Å²) in [7, 11) is 0. The molecule has 0 bridgehead atoms. The Hall–Kier alpha value is -2.44. The minimum atomic E-state index is -0.382. The molecule has 0 radical (unpaired) electrons. The van der Waals surface area contributed by atoms with Crippen LogP contribution in [0.2, 0.25) is 0 Å². The van der Waals surface area contributed by atoms with Crippen LogP contribution in [-0.4, -0.2) is 47.8 Å². The molecule has 170 valence electrons. The van der Waals surface area contributed by atoms with Crippen molar-refractivity contribution in [3.8, 4) is 0 Å². The summed E-state index contributed by atoms with van der Waals surface area (Å²) in [5, 5.41) is 6.17. The number of likely N-dealkylation sites (tertiary alicyclic amines) is 1. The van der Waals surface area contributed by atoms with E-state index in [0.29, 0.717) is 24.4 Å². The maximum atomic E-state index is 13.1. The van der Waals surface area contributed by atoms with Crippen molar-refractivity contribution in [2.45, 2.75) is 70.9 Å². The highest BCUT2D eigenvalue weighted by molar-refractivity contribution is 5.94. The lowest BCUT2D eigenvalue weighted by Crippen LogP contribution is -2.55. The van der Waals surface area contributed by atoms with E-state index < -0.39 is 0 Å². The van der Waals surface area contributed by atoms with Crippen molar-refractivity contribution < 1.29 is 18.8 Å². The molecule has 0 spiro atoms. The molecule has 2 aliphatic rings. The van der Waals surface area contributed by atoms with E-state index in [2.05, 4.69) is 10.6 Å². The Labute approximate surface area is 183 Å². The van der Waals surface area contributed by atoms with Crippen LogP contribution in [-0.2, 0) is 9.59 Å². The zero-order valence-corrected chi connectivity index (χ0v) is 18.5. The average molecular weight is 432 g/mol. The highest BCUT2D eigenvalue weighted by Gasteiger charge is 2.33. The van der Waals surface area contributed by atoms with Crippen molar-refractivity contribution in [1.82, 2.24) is 15.5 Å². The Morgan fingerprint density at radius 2 is 1.65 bits per heavy atom. The van der Waals surface area contributed by atoms with Crippen molar-refractivity contribution >= 4 is 17.7 Å². The number of rotatable bonds is 6. The van der Waals surface area contributed by atoms with Gasteiger partial charge in [-0.3, -0.25) is 14.4 Å². The smallest absolute Gasteiger partial charge is 0.251 e. The van der Waals surface area contributed by atoms with Gasteiger partial charge in [0.05, 0.1) is 5.92 Å². The number of nitrogens with one attached hydrogen (secondary N) is 2. The van der Waals surface area contributed by atoms with Crippen molar-refractivity contribution in [2.24, 2.45) is 11.8 Å². The zero-order chi connectivity index (χ0) is 22.4. The molecule has 1 aromatic carbocycles. The third-order valence-electron chi connectivity index (χ3n) is 6.24. The Morgan fingerprint density at radius 1 is 1.00 bits per heavy atom. The van der Waals surface area contributed by atoms with Crippen LogP contribution in [0.4, 0.5) is 4.39 Å². The van der Waals surface area contributed by atoms with Crippen LogP contribution in [0.15, 0.2) is 24.3 Å². The summed E-state index contributed by atoms with van der Waals surface area (Å²) in [5.41, 5.74) is 0.406. The molecule has 0 aromatic heterocycles. The molecule has 1 aromatic rings. The molecule has 1 aliphatic heterocycles. The Kier molecular flexibility index (Phi) is 8.04. The van der Waals surface area contributed by atoms with Crippen LogP contribution in [0.1, 0.15) is 69.2 Å². The van der Waals surface area contributed by atoms with Crippen molar-refractivity contribution in [3.63, 3.8) is 0 Å². The van der Waals surface area contributed by atoms with Gasteiger partial charge in [-0.25, -0.2) is 4.39 Å². The second-order valence-electron chi connectivity index (χ2n) is 9.26. The number of carbonyl (C=O) groups excluding carboxylic acids is 3. The van der Waals surface area contributed by atoms with Gasteiger partial charge < -0.3 is 15.5 Å². The second-order valence-corrected chi connectivity index (χ2v) is 9.26. The van der Waals surface area contributed by atoms with Gasteiger partial charge in [0.1, 0.15) is 5.82 Å². The minimum Gasteiger partial charge on any atom is -0.351 e. The first-order valence-corrected chi connectivity index (χ1v) is 11.5. The summed E-state index contributed by atoms with van der Waals surface area (Å²) < 4.78 is 13.1. The number of amides is 3. The number of nitrogens with zero attached hydrogens (tertiary/aromatic N) is 1. The van der Waals surface area contributed by atoms with Gasteiger partial charge in [0.2, 0.25) is 11.8 Å². The molecule has 2 N–H and O–H groups in total. The highest BCUT2D eigenvalue weighted by Crippen LogP contribution is 2.22. The predicted octanol–water partition coefficient (Wildman–Crippen LogP) is 3.27. The number of hydrogen-bond acceptors (Lipinski definition) is 3. The third-order valence-corrected chi connectivity index (χ3v) is 6.24. The van der Waals surface area contributed by atoms with Gasteiger partial charge in [-0.05, 0) is 55.9 Å². The zero-order valence-electron chi connectivity index (χ0n) is 18.5. The van der Waals surface area contributed by atoms with E-state index in [0.717, 1.165) is 45.1 Å². The Bertz CT molecular complexity index is 781. The summed E-state index contributed by atoms with van der Waals surface area (Å²) in [5.74, 6) is -0.457.